The molecule has 150 valence electrons. The van der Waals surface area contributed by atoms with Gasteiger partial charge in [-0.1, -0.05) is 0 Å². The number of nitrogens with one attached hydrogen (secondary N) is 1. The molecule has 0 fully saturated rings. The van der Waals surface area contributed by atoms with Crippen molar-refractivity contribution in [3.63, 3.8) is 0 Å². The number of nitrogens with zero attached hydrogens (tertiary/aromatic N) is 5. The number of hydrogen-bond donors (Lipinski definition) is 1. The van der Waals surface area contributed by atoms with Gasteiger partial charge in [0.25, 0.3) is 0 Å². The average molecular weight is 394 g/mol. The summed E-state index contributed by atoms with van der Waals surface area (Å²) < 4.78 is 43.1. The molecule has 0 aromatic carbocycles. The Kier molecular flexibility index (Phi) is 5.14. The number of aromatic nitrogens is 5. The second kappa shape index (κ2) is 7.25. The van der Waals surface area contributed by atoms with Crippen LogP contribution in [0.3, 0.4) is 0 Å². The standard InChI is InChI=1S/C18H21F3N6O/c1-10-5-6-26(24-10)8-12(3)22-15(28)9-27-17-16(13(4)25-27)14(18(19,20)21)7-11(2)23-17/h5-7,12H,8-9H2,1-4H3,(H,22,28)/t12-/m0/s1. The zero-order valence-electron chi connectivity index (χ0n) is 16.0. The highest BCUT2D eigenvalue weighted by Gasteiger charge is 2.35. The maximum absolute atomic E-state index is 13.4. The third kappa shape index (κ3) is 4.15. The quantitative estimate of drug-likeness (QED) is 0.722. The topological polar surface area (TPSA) is 77.6 Å². The fourth-order valence-electron chi connectivity index (χ4n) is 3.16. The Labute approximate surface area is 159 Å². The highest BCUT2D eigenvalue weighted by atomic mass is 19.4. The summed E-state index contributed by atoms with van der Waals surface area (Å²) in [6.07, 6.45) is -2.71. The van der Waals surface area contributed by atoms with E-state index in [1.165, 1.54) is 18.5 Å². The van der Waals surface area contributed by atoms with Gasteiger partial charge in [0.1, 0.15) is 6.54 Å². The van der Waals surface area contributed by atoms with E-state index in [0.29, 0.717) is 6.54 Å². The lowest BCUT2D eigenvalue weighted by atomic mass is 10.1. The van der Waals surface area contributed by atoms with Crippen LogP contribution in [0.2, 0.25) is 0 Å². The number of amides is 1. The summed E-state index contributed by atoms with van der Waals surface area (Å²) in [6.45, 7) is 6.91. The number of carbonyl (C=O) groups is 1. The van der Waals surface area contributed by atoms with Crippen LogP contribution in [0.15, 0.2) is 18.3 Å². The third-order valence-electron chi connectivity index (χ3n) is 4.25. The van der Waals surface area contributed by atoms with Crippen LogP contribution in [0.1, 0.15) is 29.6 Å². The van der Waals surface area contributed by atoms with E-state index in [0.717, 1.165) is 11.8 Å². The largest absolute Gasteiger partial charge is 0.417 e. The van der Waals surface area contributed by atoms with Crippen molar-refractivity contribution < 1.29 is 18.0 Å². The van der Waals surface area contributed by atoms with Crippen molar-refractivity contribution in [1.29, 1.82) is 0 Å². The molecule has 0 saturated carbocycles. The summed E-state index contributed by atoms with van der Waals surface area (Å²) in [5, 5.41) is 11.1. The zero-order chi connectivity index (χ0) is 20.6. The van der Waals surface area contributed by atoms with Crippen LogP contribution in [0.25, 0.3) is 11.0 Å². The molecular formula is C18H21F3N6O. The Morgan fingerprint density at radius 2 is 1.93 bits per heavy atom. The molecule has 1 N–H and O–H groups in total. The normalized spacial score (nSPS) is 13.1. The van der Waals surface area contributed by atoms with E-state index in [1.54, 1.807) is 4.68 Å². The molecule has 3 aromatic heterocycles. The average Bonchev–Trinajstić information content (AvgIpc) is 3.09. The van der Waals surface area contributed by atoms with E-state index < -0.39 is 11.7 Å². The number of alkyl halides is 3. The van der Waals surface area contributed by atoms with Gasteiger partial charge < -0.3 is 5.32 Å². The first-order chi connectivity index (χ1) is 13.0. The Morgan fingerprint density at radius 3 is 2.54 bits per heavy atom. The summed E-state index contributed by atoms with van der Waals surface area (Å²) >= 11 is 0. The predicted molar refractivity (Wildman–Crippen MR) is 96.6 cm³/mol. The van der Waals surface area contributed by atoms with Gasteiger partial charge in [0, 0.05) is 17.9 Å². The Balaban J connectivity index is 1.80. The third-order valence-corrected chi connectivity index (χ3v) is 4.25. The summed E-state index contributed by atoms with van der Waals surface area (Å²) in [6, 6.07) is 2.64. The van der Waals surface area contributed by atoms with Gasteiger partial charge in [-0.2, -0.15) is 23.4 Å². The van der Waals surface area contributed by atoms with Crippen molar-refractivity contribution in [3.8, 4) is 0 Å². The SMILES string of the molecule is Cc1cc(C(F)(F)F)c2c(C)nn(CC(=O)N[C@@H](C)Cn3ccc(C)n3)c2n1. The monoisotopic (exact) mass is 394 g/mol. The predicted octanol–water partition coefficient (Wildman–Crippen LogP) is 2.78. The van der Waals surface area contributed by atoms with Gasteiger partial charge in [0.05, 0.1) is 28.9 Å². The summed E-state index contributed by atoms with van der Waals surface area (Å²) in [5.41, 5.74) is 0.530. The Morgan fingerprint density at radius 1 is 1.21 bits per heavy atom. The first-order valence-electron chi connectivity index (χ1n) is 8.76. The lowest BCUT2D eigenvalue weighted by Crippen LogP contribution is -2.38. The lowest BCUT2D eigenvalue weighted by Gasteiger charge is -2.14. The number of halogens is 3. The number of hydrogen-bond acceptors (Lipinski definition) is 4. The Hall–Kier alpha value is -2.91. The number of aryl methyl sites for hydroxylation is 3. The van der Waals surface area contributed by atoms with E-state index >= 15 is 0 Å². The molecule has 0 unspecified atom stereocenters. The maximum Gasteiger partial charge on any atom is 0.417 e. The van der Waals surface area contributed by atoms with Crippen molar-refractivity contribution in [1.82, 2.24) is 29.9 Å². The maximum atomic E-state index is 13.4. The van der Waals surface area contributed by atoms with Gasteiger partial charge in [0.2, 0.25) is 5.91 Å². The number of fused-ring (bicyclic) bond motifs is 1. The molecule has 3 heterocycles. The van der Waals surface area contributed by atoms with Gasteiger partial charge in [-0.3, -0.25) is 9.48 Å². The van der Waals surface area contributed by atoms with Crippen molar-refractivity contribution in [3.05, 3.63) is 41.0 Å². The van der Waals surface area contributed by atoms with E-state index in [2.05, 4.69) is 20.5 Å². The van der Waals surface area contributed by atoms with Crippen LogP contribution in [0, 0.1) is 20.8 Å². The smallest absolute Gasteiger partial charge is 0.350 e. The molecule has 0 bridgehead atoms. The molecule has 10 heteroatoms. The minimum atomic E-state index is -4.52. The zero-order valence-corrected chi connectivity index (χ0v) is 16.0. The van der Waals surface area contributed by atoms with Crippen molar-refractivity contribution in [2.45, 2.75) is 53.0 Å². The van der Waals surface area contributed by atoms with Crippen LogP contribution in [-0.4, -0.2) is 36.5 Å². The first kappa shape index (κ1) is 19.8. The molecular weight excluding hydrogens is 373 g/mol. The lowest BCUT2D eigenvalue weighted by molar-refractivity contribution is -0.136. The molecule has 0 saturated heterocycles. The molecule has 0 radical (unpaired) electrons. The molecule has 0 aliphatic carbocycles. The van der Waals surface area contributed by atoms with Gasteiger partial charge >= 0.3 is 6.18 Å². The summed E-state index contributed by atoms with van der Waals surface area (Å²) in [5.74, 6) is -0.363. The van der Waals surface area contributed by atoms with Crippen molar-refractivity contribution in [2.75, 3.05) is 0 Å². The first-order valence-corrected chi connectivity index (χ1v) is 8.76. The number of carbonyl (C=O) groups excluding carboxylic acids is 1. The number of pyridine rings is 1. The molecule has 7 nitrogen and oxygen atoms in total. The second-order valence-corrected chi connectivity index (χ2v) is 6.90. The molecule has 0 aliphatic heterocycles. The number of rotatable bonds is 5. The molecule has 28 heavy (non-hydrogen) atoms. The van der Waals surface area contributed by atoms with Gasteiger partial charge in [0.15, 0.2) is 5.65 Å². The van der Waals surface area contributed by atoms with Crippen LogP contribution in [-0.2, 0) is 24.1 Å². The van der Waals surface area contributed by atoms with Crippen molar-refractivity contribution >= 4 is 16.9 Å². The van der Waals surface area contributed by atoms with Crippen molar-refractivity contribution in [2.24, 2.45) is 0 Å². The molecule has 3 aromatic rings. The molecule has 1 atom stereocenters. The summed E-state index contributed by atoms with van der Waals surface area (Å²) in [4.78, 5) is 16.6. The molecule has 1 amide bonds. The van der Waals surface area contributed by atoms with Gasteiger partial charge in [-0.25, -0.2) is 9.67 Å². The highest BCUT2D eigenvalue weighted by molar-refractivity contribution is 5.85. The minimum absolute atomic E-state index is 0.0512. The molecule has 0 aliphatic rings. The van der Waals surface area contributed by atoms with E-state index in [9.17, 15) is 18.0 Å². The van der Waals surface area contributed by atoms with E-state index in [4.69, 9.17) is 0 Å². The molecule has 3 rings (SSSR count). The van der Waals surface area contributed by atoms with Crippen LogP contribution in [0.5, 0.6) is 0 Å². The van der Waals surface area contributed by atoms with Crippen LogP contribution >= 0.6 is 0 Å². The highest BCUT2D eigenvalue weighted by Crippen LogP contribution is 2.36. The van der Waals surface area contributed by atoms with Crippen LogP contribution < -0.4 is 5.32 Å². The fourth-order valence-corrected chi connectivity index (χ4v) is 3.16. The van der Waals surface area contributed by atoms with E-state index in [1.807, 2.05) is 26.1 Å². The van der Waals surface area contributed by atoms with E-state index in [-0.39, 0.29) is 40.9 Å². The minimum Gasteiger partial charge on any atom is -0.350 e. The second-order valence-electron chi connectivity index (χ2n) is 6.90. The fraction of sp³-hybridized carbons (Fsp3) is 0.444. The van der Waals surface area contributed by atoms with Gasteiger partial charge in [-0.05, 0) is 39.8 Å². The Bertz CT molecular complexity index is 1020. The molecule has 0 spiro atoms. The van der Waals surface area contributed by atoms with Gasteiger partial charge in [-0.15, -0.1) is 0 Å². The summed E-state index contributed by atoms with van der Waals surface area (Å²) in [7, 11) is 0. The van der Waals surface area contributed by atoms with Crippen LogP contribution in [0.4, 0.5) is 13.2 Å².